The molecule has 0 aliphatic heterocycles. The molecule has 3 rings (SSSR count). The number of carbonyl (C=O) groups excluding carboxylic acids is 2. The Hall–Kier alpha value is -2.53. The third-order valence-corrected chi connectivity index (χ3v) is 4.29. The van der Waals surface area contributed by atoms with Crippen LogP contribution in [0.25, 0.3) is 0 Å². The number of halogens is 1. The minimum atomic E-state index is -0.122. The molecule has 0 unspecified atom stereocenters. The Morgan fingerprint density at radius 3 is 2.38 bits per heavy atom. The van der Waals surface area contributed by atoms with Crippen molar-refractivity contribution >= 4 is 23.4 Å². The lowest BCUT2D eigenvalue weighted by molar-refractivity contribution is -0.123. The van der Waals surface area contributed by atoms with Crippen LogP contribution in [0.1, 0.15) is 28.8 Å². The zero-order chi connectivity index (χ0) is 18.4. The van der Waals surface area contributed by atoms with E-state index in [0.29, 0.717) is 35.3 Å². The van der Waals surface area contributed by atoms with Gasteiger partial charge in [0.15, 0.2) is 6.61 Å². The largest absolute Gasteiger partial charge is 0.484 e. The molecular weight excluding hydrogens is 352 g/mol. The Labute approximate surface area is 157 Å². The first-order valence-corrected chi connectivity index (χ1v) is 9.03. The first-order valence-electron chi connectivity index (χ1n) is 8.65. The van der Waals surface area contributed by atoms with Gasteiger partial charge in [-0.25, -0.2) is 0 Å². The van der Waals surface area contributed by atoms with Crippen LogP contribution in [0.2, 0.25) is 5.02 Å². The van der Waals surface area contributed by atoms with E-state index in [4.69, 9.17) is 16.3 Å². The molecule has 0 saturated heterocycles. The van der Waals surface area contributed by atoms with Crippen molar-refractivity contribution in [2.45, 2.75) is 25.3 Å². The maximum Gasteiger partial charge on any atom is 0.258 e. The Morgan fingerprint density at radius 1 is 1.04 bits per heavy atom. The van der Waals surface area contributed by atoms with Crippen LogP contribution in [-0.4, -0.2) is 31.0 Å². The highest BCUT2D eigenvalue weighted by Gasteiger charge is 2.23. The Morgan fingerprint density at radius 2 is 1.73 bits per heavy atom. The number of nitrogens with one attached hydrogen (secondary N) is 2. The van der Waals surface area contributed by atoms with Crippen LogP contribution in [0.15, 0.2) is 48.5 Å². The zero-order valence-corrected chi connectivity index (χ0v) is 15.1. The fraction of sp³-hybridized carbons (Fsp3) is 0.300. The standard InChI is InChI=1S/C20H21ClN2O3/c21-16-5-3-15(4-6-16)20(25)22-12-11-14-1-9-18(10-2-14)26-13-19(24)23-17-7-8-17/h1-6,9-10,17H,7-8,11-13H2,(H,22,25)(H,23,24). The van der Waals surface area contributed by atoms with Crippen molar-refractivity contribution in [2.75, 3.05) is 13.2 Å². The van der Waals surface area contributed by atoms with E-state index in [0.717, 1.165) is 18.4 Å². The van der Waals surface area contributed by atoms with Crippen molar-refractivity contribution < 1.29 is 14.3 Å². The van der Waals surface area contributed by atoms with Gasteiger partial charge in [-0.05, 0) is 61.2 Å². The van der Waals surface area contributed by atoms with Crippen LogP contribution in [0.3, 0.4) is 0 Å². The molecular formula is C20H21ClN2O3. The molecule has 2 N–H and O–H groups in total. The number of rotatable bonds is 8. The molecule has 0 radical (unpaired) electrons. The van der Waals surface area contributed by atoms with E-state index in [2.05, 4.69) is 10.6 Å². The fourth-order valence-corrected chi connectivity index (χ4v) is 2.55. The van der Waals surface area contributed by atoms with Crippen LogP contribution >= 0.6 is 11.6 Å². The predicted molar refractivity (Wildman–Crippen MR) is 101 cm³/mol. The lowest BCUT2D eigenvalue weighted by atomic mass is 10.1. The first-order chi connectivity index (χ1) is 12.6. The second-order valence-corrected chi connectivity index (χ2v) is 6.72. The van der Waals surface area contributed by atoms with Crippen LogP contribution < -0.4 is 15.4 Å². The number of hydrogen-bond donors (Lipinski definition) is 2. The highest BCUT2D eigenvalue weighted by atomic mass is 35.5. The minimum absolute atomic E-state index is 0.0347. The van der Waals surface area contributed by atoms with Gasteiger partial charge >= 0.3 is 0 Å². The van der Waals surface area contributed by atoms with Crippen LogP contribution in [0, 0.1) is 0 Å². The summed E-state index contributed by atoms with van der Waals surface area (Å²) in [5, 5.41) is 6.36. The summed E-state index contributed by atoms with van der Waals surface area (Å²) in [5.74, 6) is 0.453. The molecule has 2 aromatic rings. The summed E-state index contributed by atoms with van der Waals surface area (Å²) in [6, 6.07) is 14.7. The van der Waals surface area contributed by atoms with Gasteiger partial charge in [-0.3, -0.25) is 9.59 Å². The smallest absolute Gasteiger partial charge is 0.258 e. The number of hydrogen-bond acceptors (Lipinski definition) is 3. The molecule has 0 bridgehead atoms. The molecule has 1 aliphatic rings. The summed E-state index contributed by atoms with van der Waals surface area (Å²) in [6.45, 7) is 0.568. The Balaban J connectivity index is 1.38. The average molecular weight is 373 g/mol. The summed E-state index contributed by atoms with van der Waals surface area (Å²) < 4.78 is 5.47. The van der Waals surface area contributed by atoms with Crippen molar-refractivity contribution in [1.29, 1.82) is 0 Å². The van der Waals surface area contributed by atoms with Crippen molar-refractivity contribution in [1.82, 2.24) is 10.6 Å². The topological polar surface area (TPSA) is 67.4 Å². The van der Waals surface area contributed by atoms with E-state index < -0.39 is 0 Å². The highest BCUT2D eigenvalue weighted by molar-refractivity contribution is 6.30. The summed E-state index contributed by atoms with van der Waals surface area (Å²) in [5.41, 5.74) is 1.67. The maximum absolute atomic E-state index is 12.0. The summed E-state index contributed by atoms with van der Waals surface area (Å²) >= 11 is 5.81. The molecule has 2 amide bonds. The van der Waals surface area contributed by atoms with E-state index >= 15 is 0 Å². The van der Waals surface area contributed by atoms with Crippen LogP contribution in [-0.2, 0) is 11.2 Å². The Kier molecular flexibility index (Phi) is 6.12. The predicted octanol–water partition coefficient (Wildman–Crippen LogP) is 2.97. The number of ether oxygens (including phenoxy) is 1. The summed E-state index contributed by atoms with van der Waals surface area (Å²) in [4.78, 5) is 23.6. The monoisotopic (exact) mass is 372 g/mol. The van der Waals surface area contributed by atoms with Gasteiger partial charge in [0.1, 0.15) is 5.75 Å². The normalized spacial score (nSPS) is 13.1. The number of benzene rings is 2. The lowest BCUT2D eigenvalue weighted by Crippen LogP contribution is -2.30. The van der Waals surface area contributed by atoms with Gasteiger partial charge in [0.05, 0.1) is 0 Å². The van der Waals surface area contributed by atoms with Gasteiger partial charge in [-0.15, -0.1) is 0 Å². The van der Waals surface area contributed by atoms with Crippen molar-refractivity contribution in [2.24, 2.45) is 0 Å². The lowest BCUT2D eigenvalue weighted by Gasteiger charge is -2.08. The molecule has 1 saturated carbocycles. The SMILES string of the molecule is O=C(COc1ccc(CCNC(=O)c2ccc(Cl)cc2)cc1)NC1CC1. The molecule has 0 atom stereocenters. The number of carbonyl (C=O) groups is 2. The van der Waals surface area contributed by atoms with E-state index in [1.807, 2.05) is 24.3 Å². The van der Waals surface area contributed by atoms with Gasteiger partial charge in [0.2, 0.25) is 0 Å². The average Bonchev–Trinajstić information content (AvgIpc) is 3.45. The Bertz CT molecular complexity index is 756. The molecule has 0 spiro atoms. The molecule has 1 fully saturated rings. The molecule has 136 valence electrons. The molecule has 6 heteroatoms. The van der Waals surface area contributed by atoms with Crippen molar-refractivity contribution in [3.05, 3.63) is 64.7 Å². The van der Waals surface area contributed by atoms with Crippen molar-refractivity contribution in [3.63, 3.8) is 0 Å². The van der Waals surface area contributed by atoms with Crippen LogP contribution in [0.4, 0.5) is 0 Å². The fourth-order valence-electron chi connectivity index (χ4n) is 2.42. The first kappa shape index (κ1) is 18.3. The van der Waals surface area contributed by atoms with Gasteiger partial charge in [-0.1, -0.05) is 23.7 Å². The van der Waals surface area contributed by atoms with Crippen LogP contribution in [0.5, 0.6) is 5.75 Å². The van der Waals surface area contributed by atoms with E-state index in [-0.39, 0.29) is 18.4 Å². The molecule has 5 nitrogen and oxygen atoms in total. The maximum atomic E-state index is 12.0. The quantitative estimate of drug-likeness (QED) is 0.748. The minimum Gasteiger partial charge on any atom is -0.484 e. The summed E-state index contributed by atoms with van der Waals surface area (Å²) in [6.07, 6.45) is 2.84. The molecule has 0 heterocycles. The van der Waals surface area contributed by atoms with E-state index in [1.54, 1.807) is 24.3 Å². The van der Waals surface area contributed by atoms with Gasteiger partial charge in [0.25, 0.3) is 11.8 Å². The van der Waals surface area contributed by atoms with Crippen molar-refractivity contribution in [3.8, 4) is 5.75 Å². The summed E-state index contributed by atoms with van der Waals surface area (Å²) in [7, 11) is 0. The molecule has 0 aromatic heterocycles. The molecule has 1 aliphatic carbocycles. The van der Waals surface area contributed by atoms with Gasteiger partial charge in [-0.2, -0.15) is 0 Å². The van der Waals surface area contributed by atoms with Gasteiger partial charge < -0.3 is 15.4 Å². The zero-order valence-electron chi connectivity index (χ0n) is 14.3. The van der Waals surface area contributed by atoms with Gasteiger partial charge in [0, 0.05) is 23.2 Å². The number of amides is 2. The third kappa shape index (κ3) is 5.77. The second-order valence-electron chi connectivity index (χ2n) is 6.29. The molecule has 2 aromatic carbocycles. The molecule has 26 heavy (non-hydrogen) atoms. The highest BCUT2D eigenvalue weighted by Crippen LogP contribution is 2.18. The van der Waals surface area contributed by atoms with E-state index in [9.17, 15) is 9.59 Å². The third-order valence-electron chi connectivity index (χ3n) is 4.04. The second kappa shape index (κ2) is 8.72. The van der Waals surface area contributed by atoms with E-state index in [1.165, 1.54) is 0 Å².